The van der Waals surface area contributed by atoms with Crippen LogP contribution in [0.2, 0.25) is 0 Å². The Labute approximate surface area is 145 Å². The number of hydrogen-bond donors (Lipinski definition) is 2. The van der Waals surface area contributed by atoms with Crippen LogP contribution in [-0.2, 0) is 9.47 Å². The summed E-state index contributed by atoms with van der Waals surface area (Å²) in [7, 11) is 0. The molecule has 2 aliphatic heterocycles. The zero-order valence-electron chi connectivity index (χ0n) is 15.5. The fourth-order valence-corrected chi connectivity index (χ4v) is 7.00. The van der Waals surface area contributed by atoms with E-state index in [1.165, 1.54) is 0 Å². The van der Waals surface area contributed by atoms with Gasteiger partial charge in [0, 0.05) is 23.9 Å². The summed E-state index contributed by atoms with van der Waals surface area (Å²) in [6.45, 7) is 8.46. The smallest absolute Gasteiger partial charge is 0.0945 e. The van der Waals surface area contributed by atoms with Crippen molar-refractivity contribution in [2.75, 3.05) is 19.8 Å². The van der Waals surface area contributed by atoms with Crippen molar-refractivity contribution >= 4 is 0 Å². The topological polar surface area (TPSA) is 58.9 Å². The highest BCUT2D eigenvalue weighted by Crippen LogP contribution is 2.68. The number of rotatable bonds is 1. The van der Waals surface area contributed by atoms with E-state index >= 15 is 0 Å². The van der Waals surface area contributed by atoms with Crippen LogP contribution >= 0.6 is 0 Å². The normalized spacial score (nSPS) is 57.6. The molecule has 2 saturated heterocycles. The zero-order chi connectivity index (χ0) is 17.2. The second-order valence-corrected chi connectivity index (χ2v) is 9.64. The molecule has 0 aromatic heterocycles. The molecule has 4 heteroatoms. The van der Waals surface area contributed by atoms with Crippen molar-refractivity contribution in [3.8, 4) is 0 Å². The second kappa shape index (κ2) is 5.42. The molecule has 2 heterocycles. The summed E-state index contributed by atoms with van der Waals surface area (Å²) in [4.78, 5) is 0. The van der Waals surface area contributed by atoms with Gasteiger partial charge in [-0.15, -0.1) is 0 Å². The van der Waals surface area contributed by atoms with Gasteiger partial charge < -0.3 is 19.7 Å². The van der Waals surface area contributed by atoms with Crippen LogP contribution < -0.4 is 0 Å². The number of aliphatic hydroxyl groups is 2. The third-order valence-corrected chi connectivity index (χ3v) is 8.67. The summed E-state index contributed by atoms with van der Waals surface area (Å²) in [5.74, 6) is 0.837. The molecule has 2 aliphatic carbocycles. The van der Waals surface area contributed by atoms with Crippen LogP contribution in [0.4, 0.5) is 0 Å². The molecule has 0 aromatic carbocycles. The Morgan fingerprint density at radius 3 is 2.50 bits per heavy atom. The quantitative estimate of drug-likeness (QED) is 0.772. The third kappa shape index (κ3) is 2.00. The van der Waals surface area contributed by atoms with Gasteiger partial charge in [-0.3, -0.25) is 0 Å². The van der Waals surface area contributed by atoms with Gasteiger partial charge in [-0.05, 0) is 50.4 Å². The highest BCUT2D eigenvalue weighted by Gasteiger charge is 2.69. The van der Waals surface area contributed by atoms with Crippen molar-refractivity contribution in [1.82, 2.24) is 0 Å². The number of hydrogen-bond acceptors (Lipinski definition) is 4. The van der Waals surface area contributed by atoms with E-state index in [2.05, 4.69) is 20.8 Å². The van der Waals surface area contributed by atoms with E-state index in [4.69, 9.17) is 9.47 Å². The number of aliphatic hydroxyl groups excluding tert-OH is 2. The van der Waals surface area contributed by atoms with Crippen molar-refractivity contribution in [2.24, 2.45) is 22.7 Å². The molecule has 2 N–H and O–H groups in total. The molecule has 3 unspecified atom stereocenters. The SMILES string of the molecule is CC1CCC2[C@](C)(CC[C@@H](O)[C@]2(C)CO)[C@]12CCC1(CCOC1)O2. The maximum atomic E-state index is 10.7. The fraction of sp³-hybridized carbons (Fsp3) is 1.00. The van der Waals surface area contributed by atoms with Gasteiger partial charge in [0.2, 0.25) is 0 Å². The van der Waals surface area contributed by atoms with E-state index < -0.39 is 11.5 Å². The second-order valence-electron chi connectivity index (χ2n) is 9.64. The van der Waals surface area contributed by atoms with Gasteiger partial charge in [0.05, 0.1) is 30.5 Å². The maximum absolute atomic E-state index is 10.7. The minimum atomic E-state index is -0.411. The highest BCUT2D eigenvalue weighted by molar-refractivity contribution is 5.17. The van der Waals surface area contributed by atoms with Gasteiger partial charge >= 0.3 is 0 Å². The van der Waals surface area contributed by atoms with Crippen LogP contribution in [0, 0.1) is 22.7 Å². The molecule has 0 radical (unpaired) electrons. The molecule has 24 heavy (non-hydrogen) atoms. The van der Waals surface area contributed by atoms with Gasteiger partial charge in [0.1, 0.15) is 0 Å². The molecule has 0 amide bonds. The van der Waals surface area contributed by atoms with E-state index in [-0.39, 0.29) is 23.2 Å². The zero-order valence-corrected chi connectivity index (χ0v) is 15.5. The van der Waals surface area contributed by atoms with Crippen molar-refractivity contribution in [2.45, 2.75) is 83.0 Å². The maximum Gasteiger partial charge on any atom is 0.0945 e. The summed E-state index contributed by atoms with van der Waals surface area (Å²) in [5, 5.41) is 20.8. The largest absolute Gasteiger partial charge is 0.396 e. The monoisotopic (exact) mass is 338 g/mol. The van der Waals surface area contributed by atoms with Crippen LogP contribution in [0.5, 0.6) is 0 Å². The van der Waals surface area contributed by atoms with E-state index in [1.807, 2.05) is 0 Å². The molecular formula is C20H34O4. The van der Waals surface area contributed by atoms with Crippen LogP contribution in [0.1, 0.15) is 65.7 Å². The summed E-state index contributed by atoms with van der Waals surface area (Å²) in [6.07, 6.45) is 6.78. The lowest BCUT2D eigenvalue weighted by molar-refractivity contribution is -0.266. The summed E-state index contributed by atoms with van der Waals surface area (Å²) in [6, 6.07) is 0. The predicted octanol–water partition coefficient (Wildman–Crippen LogP) is 2.90. The molecule has 4 aliphatic rings. The van der Waals surface area contributed by atoms with Gasteiger partial charge in [-0.1, -0.05) is 20.8 Å². The first-order chi connectivity index (χ1) is 11.3. The average molecular weight is 338 g/mol. The first-order valence-electron chi connectivity index (χ1n) is 9.89. The Bertz CT molecular complexity index is 502. The van der Waals surface area contributed by atoms with Gasteiger partial charge in [0.15, 0.2) is 0 Å². The van der Waals surface area contributed by atoms with E-state index in [1.54, 1.807) is 0 Å². The lowest BCUT2D eigenvalue weighted by atomic mass is 9.43. The van der Waals surface area contributed by atoms with Crippen LogP contribution in [0.3, 0.4) is 0 Å². The fourth-order valence-electron chi connectivity index (χ4n) is 7.00. The Hall–Kier alpha value is -0.160. The molecule has 4 fully saturated rings. The molecule has 7 atom stereocenters. The Morgan fingerprint density at radius 2 is 1.83 bits per heavy atom. The lowest BCUT2D eigenvalue weighted by Crippen LogP contribution is -2.66. The Balaban J connectivity index is 1.74. The minimum absolute atomic E-state index is 0.0213. The van der Waals surface area contributed by atoms with Gasteiger partial charge in [0.25, 0.3) is 0 Å². The molecule has 0 aromatic rings. The average Bonchev–Trinajstić information content (AvgIpc) is 3.18. The van der Waals surface area contributed by atoms with Crippen molar-refractivity contribution in [1.29, 1.82) is 0 Å². The predicted molar refractivity (Wildman–Crippen MR) is 91.6 cm³/mol. The molecule has 4 nitrogen and oxygen atoms in total. The molecule has 0 bridgehead atoms. The molecule has 2 spiro atoms. The van der Waals surface area contributed by atoms with Crippen molar-refractivity contribution in [3.63, 3.8) is 0 Å². The van der Waals surface area contributed by atoms with Crippen molar-refractivity contribution < 1.29 is 19.7 Å². The third-order valence-electron chi connectivity index (χ3n) is 8.67. The van der Waals surface area contributed by atoms with Crippen LogP contribution in [0.25, 0.3) is 0 Å². The molecule has 2 saturated carbocycles. The van der Waals surface area contributed by atoms with E-state index in [9.17, 15) is 10.2 Å². The summed E-state index contributed by atoms with van der Waals surface area (Å²) >= 11 is 0. The van der Waals surface area contributed by atoms with E-state index in [0.29, 0.717) is 11.8 Å². The van der Waals surface area contributed by atoms with E-state index in [0.717, 1.165) is 58.2 Å². The standard InChI is InChI=1S/C20H34O4/c1-14-4-5-15-17(2,12-21)16(22)6-7-18(15,3)20(14)9-8-19(24-20)10-11-23-13-19/h14-16,21-22H,4-13H2,1-3H3/t14?,15?,16-,17-,18+,19?,20+/m1/s1. The number of ether oxygens (including phenoxy) is 2. The van der Waals surface area contributed by atoms with Crippen LogP contribution in [-0.4, -0.2) is 47.3 Å². The van der Waals surface area contributed by atoms with Gasteiger partial charge in [-0.25, -0.2) is 0 Å². The Morgan fingerprint density at radius 1 is 1.04 bits per heavy atom. The first kappa shape index (κ1) is 17.3. The summed E-state index contributed by atoms with van der Waals surface area (Å²) < 4.78 is 12.7. The number of fused-ring (bicyclic) bond motifs is 2. The molecule has 4 rings (SSSR count). The summed E-state index contributed by atoms with van der Waals surface area (Å²) in [5.41, 5.74) is -0.593. The molecular weight excluding hydrogens is 304 g/mol. The lowest BCUT2D eigenvalue weighted by Gasteiger charge is -2.65. The first-order valence-corrected chi connectivity index (χ1v) is 9.89. The van der Waals surface area contributed by atoms with Crippen LogP contribution in [0.15, 0.2) is 0 Å². The molecule has 138 valence electrons. The Kier molecular flexibility index (Phi) is 3.90. The van der Waals surface area contributed by atoms with Crippen molar-refractivity contribution in [3.05, 3.63) is 0 Å². The highest BCUT2D eigenvalue weighted by atomic mass is 16.6. The minimum Gasteiger partial charge on any atom is -0.396 e. The van der Waals surface area contributed by atoms with Gasteiger partial charge in [-0.2, -0.15) is 0 Å².